The van der Waals surface area contributed by atoms with Crippen LogP contribution in [-0.2, 0) is 28.7 Å². The van der Waals surface area contributed by atoms with Crippen LogP contribution in [0.4, 0.5) is 11.6 Å². The molecule has 2 N–H and O–H groups in total. The molecule has 0 unspecified atom stereocenters. The van der Waals surface area contributed by atoms with Crippen LogP contribution in [-0.4, -0.2) is 30.2 Å². The van der Waals surface area contributed by atoms with Crippen LogP contribution >= 0.6 is 0 Å². The first-order valence-electron chi connectivity index (χ1n) is 12.1. The average molecular weight is 486 g/mol. The lowest BCUT2D eigenvalue weighted by atomic mass is 9.85. The number of rotatable bonds is 4. The number of anilines is 2. The zero-order chi connectivity index (χ0) is 25.8. The second kappa shape index (κ2) is 8.29. The van der Waals surface area contributed by atoms with Gasteiger partial charge in [-0.2, -0.15) is 4.98 Å². The van der Waals surface area contributed by atoms with E-state index in [4.69, 9.17) is 4.98 Å². The summed E-state index contributed by atoms with van der Waals surface area (Å²) in [6.07, 6.45) is 3.65. The molecule has 1 amide bonds. The average Bonchev–Trinajstić information content (AvgIpc) is 3.08. The van der Waals surface area contributed by atoms with Gasteiger partial charge in [0.05, 0.1) is 17.6 Å². The van der Waals surface area contributed by atoms with Crippen LogP contribution in [0.1, 0.15) is 58.4 Å². The molecule has 186 valence electrons. The van der Waals surface area contributed by atoms with Crippen molar-refractivity contribution in [1.29, 1.82) is 0 Å². The second-order valence-electron chi connectivity index (χ2n) is 10.8. The number of aromatic nitrogens is 5. The highest BCUT2D eigenvalue weighted by Crippen LogP contribution is 2.31. The van der Waals surface area contributed by atoms with Crippen LogP contribution in [0, 0.1) is 0 Å². The van der Waals surface area contributed by atoms with Crippen molar-refractivity contribution < 1.29 is 4.79 Å². The van der Waals surface area contributed by atoms with E-state index in [0.717, 1.165) is 28.2 Å². The number of benzene rings is 1. The molecule has 0 atom stereocenters. The van der Waals surface area contributed by atoms with Crippen LogP contribution < -0.4 is 16.2 Å². The smallest absolute Gasteiger partial charge is 0.278 e. The van der Waals surface area contributed by atoms with Gasteiger partial charge >= 0.3 is 0 Å². The van der Waals surface area contributed by atoms with Gasteiger partial charge in [-0.05, 0) is 56.2 Å². The van der Waals surface area contributed by atoms with E-state index in [0.29, 0.717) is 29.9 Å². The predicted molar refractivity (Wildman–Crippen MR) is 140 cm³/mol. The Morgan fingerprint density at radius 2 is 1.89 bits per heavy atom. The van der Waals surface area contributed by atoms with Gasteiger partial charge in [0.15, 0.2) is 5.65 Å². The van der Waals surface area contributed by atoms with Crippen LogP contribution in [0.5, 0.6) is 0 Å². The van der Waals surface area contributed by atoms with Gasteiger partial charge < -0.3 is 10.6 Å². The Morgan fingerprint density at radius 3 is 2.61 bits per heavy atom. The molecule has 0 saturated carbocycles. The fourth-order valence-electron chi connectivity index (χ4n) is 4.79. The van der Waals surface area contributed by atoms with Crippen molar-refractivity contribution in [2.45, 2.75) is 65.5 Å². The third-order valence-electron chi connectivity index (χ3n) is 6.57. The summed E-state index contributed by atoms with van der Waals surface area (Å²) in [5.74, 6) is 0.369. The molecule has 3 aromatic heterocycles. The Morgan fingerprint density at radius 1 is 1.11 bits per heavy atom. The van der Waals surface area contributed by atoms with E-state index < -0.39 is 5.54 Å². The first-order valence-corrected chi connectivity index (χ1v) is 12.1. The molecule has 9 nitrogen and oxygen atoms in total. The molecule has 5 rings (SSSR count). The van der Waals surface area contributed by atoms with Crippen molar-refractivity contribution in [3.05, 3.63) is 69.9 Å². The zero-order valence-electron chi connectivity index (χ0n) is 21.5. The third-order valence-corrected chi connectivity index (χ3v) is 6.57. The number of fused-ring (bicyclic) bond motifs is 2. The summed E-state index contributed by atoms with van der Waals surface area (Å²) in [6.45, 7) is 12.7. The van der Waals surface area contributed by atoms with Crippen LogP contribution in [0.2, 0.25) is 0 Å². The minimum absolute atomic E-state index is 0.000723. The van der Waals surface area contributed by atoms with E-state index in [2.05, 4.69) is 41.4 Å². The highest BCUT2D eigenvalue weighted by atomic mass is 16.2. The van der Waals surface area contributed by atoms with E-state index >= 15 is 0 Å². The van der Waals surface area contributed by atoms with Crippen LogP contribution in [0.25, 0.3) is 16.7 Å². The van der Waals surface area contributed by atoms with Gasteiger partial charge in [-0.15, -0.1) is 0 Å². The van der Waals surface area contributed by atoms with Crippen molar-refractivity contribution >= 4 is 28.6 Å². The monoisotopic (exact) mass is 485 g/mol. The number of nitrogens with one attached hydrogen (secondary N) is 2. The molecule has 9 heteroatoms. The van der Waals surface area contributed by atoms with Crippen molar-refractivity contribution in [2.24, 2.45) is 0 Å². The van der Waals surface area contributed by atoms with Crippen molar-refractivity contribution in [3.63, 3.8) is 0 Å². The third kappa shape index (κ3) is 4.04. The quantitative estimate of drug-likeness (QED) is 0.453. The molecule has 0 bridgehead atoms. The SMILES string of the molecule is CCn1c(=O)c2cnc(Nc3ccc4c(c3)CC(=O)NC4(C)C)nc2n1-c1ccnc(C(C)(C)C)c1. The first-order chi connectivity index (χ1) is 17.0. The zero-order valence-corrected chi connectivity index (χ0v) is 21.5. The lowest BCUT2D eigenvalue weighted by molar-refractivity contribution is -0.122. The Hall–Kier alpha value is -4.01. The summed E-state index contributed by atoms with van der Waals surface area (Å²) in [7, 11) is 0. The summed E-state index contributed by atoms with van der Waals surface area (Å²) < 4.78 is 3.49. The highest BCUT2D eigenvalue weighted by molar-refractivity contribution is 5.83. The number of pyridine rings is 1. The highest BCUT2D eigenvalue weighted by Gasteiger charge is 2.31. The van der Waals surface area contributed by atoms with E-state index in [-0.39, 0.29) is 16.9 Å². The Balaban J connectivity index is 1.59. The van der Waals surface area contributed by atoms with Crippen molar-refractivity contribution in [1.82, 2.24) is 29.6 Å². The lowest BCUT2D eigenvalue weighted by Crippen LogP contribution is -2.46. The summed E-state index contributed by atoms with van der Waals surface area (Å²) in [4.78, 5) is 39.0. The summed E-state index contributed by atoms with van der Waals surface area (Å²) >= 11 is 0. The fraction of sp³-hybridized carbons (Fsp3) is 0.370. The molecule has 1 aliphatic rings. The molecule has 0 fully saturated rings. The van der Waals surface area contributed by atoms with Crippen molar-refractivity contribution in [2.75, 3.05) is 5.32 Å². The molecule has 1 aliphatic heterocycles. The standard InChI is InChI=1S/C27H31N7O2/c1-7-33-24(36)19-15-29-25(30-17-8-9-20-16(12-17)13-22(35)32-27(20,5)6)31-23(19)34(33)18-10-11-28-21(14-18)26(2,3)4/h8-12,14-15H,7,13H2,1-6H3,(H,32,35)(H,29,30,31). The number of carbonyl (C=O) groups excluding carboxylic acids is 1. The first kappa shape index (κ1) is 23.7. The predicted octanol–water partition coefficient (Wildman–Crippen LogP) is 3.95. The number of carbonyl (C=O) groups is 1. The Kier molecular flexibility index (Phi) is 5.46. The van der Waals surface area contributed by atoms with Gasteiger partial charge in [-0.1, -0.05) is 26.8 Å². The maximum Gasteiger partial charge on any atom is 0.278 e. The van der Waals surface area contributed by atoms with Gasteiger partial charge in [-0.25, -0.2) is 14.3 Å². The van der Waals surface area contributed by atoms with Crippen LogP contribution in [0.15, 0.2) is 47.5 Å². The molecule has 0 aliphatic carbocycles. The van der Waals surface area contributed by atoms with E-state index in [9.17, 15) is 9.59 Å². The lowest BCUT2D eigenvalue weighted by Gasteiger charge is -2.33. The topological polar surface area (TPSA) is 107 Å². The summed E-state index contributed by atoms with van der Waals surface area (Å²) in [6, 6.07) is 9.81. The van der Waals surface area contributed by atoms with E-state index in [1.165, 1.54) is 0 Å². The molecular formula is C27H31N7O2. The van der Waals surface area contributed by atoms with Crippen molar-refractivity contribution in [3.8, 4) is 5.69 Å². The van der Waals surface area contributed by atoms with Gasteiger partial charge in [0.1, 0.15) is 5.39 Å². The Labute approximate surface area is 209 Å². The maximum absolute atomic E-state index is 13.1. The molecule has 36 heavy (non-hydrogen) atoms. The minimum Gasteiger partial charge on any atom is -0.347 e. The fourth-order valence-corrected chi connectivity index (χ4v) is 4.79. The minimum atomic E-state index is -0.422. The number of nitrogens with zero attached hydrogens (tertiary/aromatic N) is 5. The summed E-state index contributed by atoms with van der Waals surface area (Å²) in [5.41, 5.74) is 4.38. The van der Waals surface area contributed by atoms with E-state index in [1.807, 2.05) is 55.8 Å². The molecule has 4 heterocycles. The van der Waals surface area contributed by atoms with Gasteiger partial charge in [0.2, 0.25) is 11.9 Å². The number of amides is 1. The summed E-state index contributed by atoms with van der Waals surface area (Å²) in [5, 5.41) is 6.73. The maximum atomic E-state index is 13.1. The molecule has 4 aromatic rings. The molecular weight excluding hydrogens is 454 g/mol. The van der Waals surface area contributed by atoms with Crippen LogP contribution in [0.3, 0.4) is 0 Å². The molecule has 0 radical (unpaired) electrons. The number of hydrogen-bond acceptors (Lipinski definition) is 6. The Bertz CT molecular complexity index is 1560. The van der Waals surface area contributed by atoms with Gasteiger partial charge in [0, 0.05) is 35.7 Å². The normalized spacial score (nSPS) is 15.0. The van der Waals surface area contributed by atoms with E-state index in [1.54, 1.807) is 17.1 Å². The second-order valence-corrected chi connectivity index (χ2v) is 10.8. The molecule has 0 spiro atoms. The largest absolute Gasteiger partial charge is 0.347 e. The molecule has 0 saturated heterocycles. The number of hydrogen-bond donors (Lipinski definition) is 2. The van der Waals surface area contributed by atoms with Gasteiger partial charge in [0.25, 0.3) is 5.56 Å². The van der Waals surface area contributed by atoms with Gasteiger partial charge in [-0.3, -0.25) is 14.6 Å². The molecule has 1 aromatic carbocycles.